The van der Waals surface area contributed by atoms with Crippen LogP contribution in [0.4, 0.5) is 13.2 Å². The van der Waals surface area contributed by atoms with Crippen LogP contribution in [0, 0.1) is 12.3 Å². The lowest BCUT2D eigenvalue weighted by Gasteiger charge is -2.21. The Morgan fingerprint density at radius 2 is 1.92 bits per heavy atom. The molecule has 76 valence electrons. The highest BCUT2D eigenvalue weighted by Crippen LogP contribution is 2.16. The van der Waals surface area contributed by atoms with Gasteiger partial charge in [-0.05, 0) is 0 Å². The van der Waals surface area contributed by atoms with Crippen molar-refractivity contribution in [2.24, 2.45) is 0 Å². The van der Waals surface area contributed by atoms with E-state index in [0.717, 1.165) is 4.90 Å². The first kappa shape index (κ1) is 12.3. The van der Waals surface area contributed by atoms with Crippen molar-refractivity contribution in [2.75, 3.05) is 26.2 Å². The van der Waals surface area contributed by atoms with E-state index in [-0.39, 0.29) is 26.1 Å². The molecular formula is C8H12F3NO. The van der Waals surface area contributed by atoms with Gasteiger partial charge in [0.2, 0.25) is 0 Å². The maximum absolute atomic E-state index is 11.9. The molecule has 0 aromatic carbocycles. The Bertz CT molecular complexity index is 173. The average molecular weight is 195 g/mol. The van der Waals surface area contributed by atoms with Crippen molar-refractivity contribution in [3.63, 3.8) is 0 Å². The molecule has 2 nitrogen and oxygen atoms in total. The summed E-state index contributed by atoms with van der Waals surface area (Å²) in [5, 5.41) is 8.47. The largest absolute Gasteiger partial charge is 0.401 e. The Hall–Kier alpha value is -0.730. The van der Waals surface area contributed by atoms with Crippen LogP contribution in [0.25, 0.3) is 0 Å². The molecule has 0 aliphatic rings. The number of terminal acetylenes is 1. The topological polar surface area (TPSA) is 23.5 Å². The number of rotatable bonds is 5. The van der Waals surface area contributed by atoms with Gasteiger partial charge in [0.05, 0.1) is 13.2 Å². The van der Waals surface area contributed by atoms with Gasteiger partial charge < -0.3 is 5.11 Å². The highest BCUT2D eigenvalue weighted by molar-refractivity contribution is 4.85. The zero-order valence-corrected chi connectivity index (χ0v) is 7.14. The maximum Gasteiger partial charge on any atom is 0.401 e. The molecule has 0 aromatic rings. The van der Waals surface area contributed by atoms with E-state index in [0.29, 0.717) is 0 Å². The molecule has 0 radical (unpaired) electrons. The van der Waals surface area contributed by atoms with Gasteiger partial charge in [-0.15, -0.1) is 12.3 Å². The number of hydrogen-bond donors (Lipinski definition) is 1. The summed E-state index contributed by atoms with van der Waals surface area (Å²) in [6.45, 7) is -1.15. The molecule has 0 unspecified atom stereocenters. The van der Waals surface area contributed by atoms with E-state index < -0.39 is 12.7 Å². The van der Waals surface area contributed by atoms with Crippen LogP contribution in [-0.2, 0) is 0 Å². The molecule has 0 amide bonds. The minimum absolute atomic E-state index is 0.00118. The third kappa shape index (κ3) is 7.62. The van der Waals surface area contributed by atoms with Crippen molar-refractivity contribution in [2.45, 2.75) is 12.6 Å². The molecule has 0 heterocycles. The van der Waals surface area contributed by atoms with E-state index in [9.17, 15) is 13.2 Å². The number of nitrogens with zero attached hydrogens (tertiary/aromatic N) is 1. The Morgan fingerprint density at radius 3 is 2.31 bits per heavy atom. The SMILES string of the molecule is C#CCCN(CCO)CC(F)(F)F. The van der Waals surface area contributed by atoms with E-state index in [2.05, 4.69) is 5.92 Å². The van der Waals surface area contributed by atoms with Gasteiger partial charge in [-0.3, -0.25) is 4.90 Å². The normalized spacial score (nSPS) is 11.7. The van der Waals surface area contributed by atoms with Crippen LogP contribution in [0.1, 0.15) is 6.42 Å². The Balaban J connectivity index is 3.88. The Morgan fingerprint density at radius 1 is 1.31 bits per heavy atom. The number of halogens is 3. The average Bonchev–Trinajstić information content (AvgIpc) is 1.98. The second-order valence-electron chi connectivity index (χ2n) is 2.57. The first-order valence-corrected chi connectivity index (χ1v) is 3.83. The Kier molecular flexibility index (Phi) is 5.51. The zero-order chi connectivity index (χ0) is 10.3. The minimum Gasteiger partial charge on any atom is -0.395 e. The maximum atomic E-state index is 11.9. The molecule has 5 heteroatoms. The van der Waals surface area contributed by atoms with Gasteiger partial charge in [0.15, 0.2) is 0 Å². The highest BCUT2D eigenvalue weighted by atomic mass is 19.4. The fourth-order valence-electron chi connectivity index (χ4n) is 0.888. The summed E-state index contributed by atoms with van der Waals surface area (Å²) < 4.78 is 35.6. The van der Waals surface area contributed by atoms with Crippen LogP contribution in [0.2, 0.25) is 0 Å². The summed E-state index contributed by atoms with van der Waals surface area (Å²) in [6.07, 6.45) is 0.944. The number of alkyl halides is 3. The summed E-state index contributed by atoms with van der Waals surface area (Å²) in [5.74, 6) is 2.25. The number of aliphatic hydroxyl groups is 1. The zero-order valence-electron chi connectivity index (χ0n) is 7.14. The van der Waals surface area contributed by atoms with Crippen LogP contribution < -0.4 is 0 Å². The smallest absolute Gasteiger partial charge is 0.395 e. The second kappa shape index (κ2) is 5.84. The van der Waals surface area contributed by atoms with E-state index in [1.807, 2.05) is 0 Å². The van der Waals surface area contributed by atoms with Crippen molar-refractivity contribution in [3.05, 3.63) is 0 Å². The third-order valence-electron chi connectivity index (χ3n) is 1.39. The fourth-order valence-corrected chi connectivity index (χ4v) is 0.888. The van der Waals surface area contributed by atoms with Gasteiger partial charge in [-0.1, -0.05) is 0 Å². The molecule has 0 aliphatic carbocycles. The summed E-state index contributed by atoms with van der Waals surface area (Å²) in [6, 6.07) is 0. The standard InChI is InChI=1S/C8H12F3NO/c1-2-3-4-12(5-6-13)7-8(9,10)11/h1,13H,3-7H2. The predicted octanol–water partition coefficient (Wildman–Crippen LogP) is 0.866. The lowest BCUT2D eigenvalue weighted by atomic mass is 10.3. The molecule has 0 aromatic heterocycles. The minimum atomic E-state index is -4.23. The van der Waals surface area contributed by atoms with Crippen LogP contribution in [0.3, 0.4) is 0 Å². The van der Waals surface area contributed by atoms with Crippen LogP contribution >= 0.6 is 0 Å². The van der Waals surface area contributed by atoms with Crippen LogP contribution in [-0.4, -0.2) is 42.4 Å². The first-order chi connectivity index (χ1) is 5.99. The van der Waals surface area contributed by atoms with E-state index in [4.69, 9.17) is 11.5 Å². The number of hydrogen-bond acceptors (Lipinski definition) is 2. The fraction of sp³-hybridized carbons (Fsp3) is 0.750. The lowest BCUT2D eigenvalue weighted by molar-refractivity contribution is -0.146. The van der Waals surface area contributed by atoms with Gasteiger partial charge in [-0.2, -0.15) is 13.2 Å². The molecular weight excluding hydrogens is 183 g/mol. The van der Waals surface area contributed by atoms with Crippen molar-refractivity contribution in [1.82, 2.24) is 4.90 Å². The van der Waals surface area contributed by atoms with Gasteiger partial charge in [0, 0.05) is 19.5 Å². The van der Waals surface area contributed by atoms with E-state index in [1.54, 1.807) is 0 Å². The predicted molar refractivity (Wildman–Crippen MR) is 43.0 cm³/mol. The second-order valence-corrected chi connectivity index (χ2v) is 2.57. The molecule has 0 saturated carbocycles. The highest BCUT2D eigenvalue weighted by Gasteiger charge is 2.29. The molecule has 0 fully saturated rings. The molecule has 0 rings (SSSR count). The molecule has 0 saturated heterocycles. The summed E-state index contributed by atoms with van der Waals surface area (Å²) >= 11 is 0. The lowest BCUT2D eigenvalue weighted by Crippen LogP contribution is -2.36. The quantitative estimate of drug-likeness (QED) is 0.658. The molecule has 0 atom stereocenters. The molecule has 1 N–H and O–H groups in total. The molecule has 0 bridgehead atoms. The van der Waals surface area contributed by atoms with Gasteiger partial charge in [0.1, 0.15) is 0 Å². The van der Waals surface area contributed by atoms with E-state index in [1.165, 1.54) is 0 Å². The van der Waals surface area contributed by atoms with Crippen molar-refractivity contribution in [3.8, 4) is 12.3 Å². The summed E-state index contributed by atoms with van der Waals surface area (Å²) in [5.41, 5.74) is 0. The van der Waals surface area contributed by atoms with E-state index >= 15 is 0 Å². The van der Waals surface area contributed by atoms with Gasteiger partial charge in [0.25, 0.3) is 0 Å². The van der Waals surface area contributed by atoms with Crippen molar-refractivity contribution >= 4 is 0 Å². The van der Waals surface area contributed by atoms with Crippen molar-refractivity contribution in [1.29, 1.82) is 0 Å². The van der Waals surface area contributed by atoms with Crippen LogP contribution in [0.15, 0.2) is 0 Å². The van der Waals surface area contributed by atoms with Gasteiger partial charge in [-0.25, -0.2) is 0 Å². The monoisotopic (exact) mass is 195 g/mol. The summed E-state index contributed by atoms with van der Waals surface area (Å²) in [4.78, 5) is 1.08. The number of aliphatic hydroxyl groups excluding tert-OH is 1. The molecule has 13 heavy (non-hydrogen) atoms. The molecule has 0 spiro atoms. The van der Waals surface area contributed by atoms with Crippen LogP contribution in [0.5, 0.6) is 0 Å². The van der Waals surface area contributed by atoms with Crippen molar-refractivity contribution < 1.29 is 18.3 Å². The summed E-state index contributed by atoms with van der Waals surface area (Å²) in [7, 11) is 0. The third-order valence-corrected chi connectivity index (χ3v) is 1.39. The van der Waals surface area contributed by atoms with Gasteiger partial charge >= 0.3 is 6.18 Å². The first-order valence-electron chi connectivity index (χ1n) is 3.83. The Labute approximate surface area is 75.3 Å². The molecule has 0 aliphatic heterocycles.